The molecule has 2 atom stereocenters. The summed E-state index contributed by atoms with van der Waals surface area (Å²) in [6, 6.07) is 0. The lowest BCUT2D eigenvalue weighted by atomic mass is 9.94. The second kappa shape index (κ2) is 3.17. The quantitative estimate of drug-likeness (QED) is 0.519. The minimum absolute atomic E-state index is 1.12. The fraction of sp³-hybridized carbons (Fsp3) is 1.00. The molecule has 0 amide bonds. The van der Waals surface area contributed by atoms with Crippen LogP contribution in [-0.4, -0.2) is 11.5 Å². The monoisotopic (exact) mass is 156 g/mol. The van der Waals surface area contributed by atoms with Gasteiger partial charge in [0.2, 0.25) is 0 Å². The first-order chi connectivity index (χ1) is 4.97. The molecule has 1 heteroatoms. The first-order valence-corrected chi connectivity index (χ1v) is 5.70. The Morgan fingerprint density at radius 1 is 0.900 bits per heavy atom. The van der Waals surface area contributed by atoms with Gasteiger partial charge in [0.05, 0.1) is 0 Å². The summed E-state index contributed by atoms with van der Waals surface area (Å²) in [5, 5.41) is 0. The van der Waals surface area contributed by atoms with Crippen LogP contribution in [0.15, 0.2) is 0 Å². The van der Waals surface area contributed by atoms with Gasteiger partial charge in [-0.05, 0) is 42.6 Å². The number of hydrogen-bond donors (Lipinski definition) is 0. The predicted octanol–water partition coefficient (Wildman–Crippen LogP) is 2.93. The smallest absolute Gasteiger partial charge is 0.00365 e. The summed E-state index contributed by atoms with van der Waals surface area (Å²) in [6.45, 7) is 0. The average Bonchev–Trinajstić information content (AvgIpc) is 2.28. The van der Waals surface area contributed by atoms with Crippen LogP contribution >= 0.6 is 11.8 Å². The largest absolute Gasteiger partial charge is 0.162 e. The predicted molar refractivity (Wildman–Crippen MR) is 47.4 cm³/mol. The van der Waals surface area contributed by atoms with Crippen molar-refractivity contribution in [3.8, 4) is 0 Å². The highest BCUT2D eigenvalue weighted by Gasteiger charge is 2.27. The summed E-state index contributed by atoms with van der Waals surface area (Å²) in [6.07, 6.45) is 7.64. The normalized spacial score (nSPS) is 40.8. The Balaban J connectivity index is 1.95. The molecule has 10 heavy (non-hydrogen) atoms. The topological polar surface area (TPSA) is 0 Å². The van der Waals surface area contributed by atoms with Gasteiger partial charge >= 0.3 is 0 Å². The lowest BCUT2D eigenvalue weighted by Crippen LogP contribution is -2.07. The second-order valence-electron chi connectivity index (χ2n) is 3.67. The first kappa shape index (κ1) is 7.02. The van der Waals surface area contributed by atoms with Crippen molar-refractivity contribution < 1.29 is 0 Å². The van der Waals surface area contributed by atoms with Crippen molar-refractivity contribution in [2.75, 3.05) is 11.5 Å². The van der Waals surface area contributed by atoms with Crippen molar-refractivity contribution in [1.82, 2.24) is 0 Å². The SMILES string of the molecule is C1CSCC2CCCC2C1. The highest BCUT2D eigenvalue weighted by atomic mass is 32.2. The van der Waals surface area contributed by atoms with Crippen molar-refractivity contribution in [2.24, 2.45) is 11.8 Å². The maximum Gasteiger partial charge on any atom is -0.00365 e. The van der Waals surface area contributed by atoms with E-state index in [2.05, 4.69) is 11.8 Å². The molecule has 0 spiro atoms. The van der Waals surface area contributed by atoms with Crippen molar-refractivity contribution in [1.29, 1.82) is 0 Å². The van der Waals surface area contributed by atoms with Gasteiger partial charge in [0.25, 0.3) is 0 Å². The third kappa shape index (κ3) is 1.34. The number of thioether (sulfide) groups is 1. The molecule has 2 unspecified atom stereocenters. The van der Waals surface area contributed by atoms with Gasteiger partial charge in [-0.15, -0.1) is 0 Å². The summed E-state index contributed by atoms with van der Waals surface area (Å²) in [7, 11) is 0. The average molecular weight is 156 g/mol. The molecular weight excluding hydrogens is 140 g/mol. The van der Waals surface area contributed by atoms with Crippen LogP contribution in [0.4, 0.5) is 0 Å². The van der Waals surface area contributed by atoms with Gasteiger partial charge in [-0.3, -0.25) is 0 Å². The van der Waals surface area contributed by atoms with Crippen LogP contribution in [0.5, 0.6) is 0 Å². The molecule has 1 saturated heterocycles. The summed E-state index contributed by atoms with van der Waals surface area (Å²) >= 11 is 2.19. The molecule has 2 fully saturated rings. The van der Waals surface area contributed by atoms with Gasteiger partial charge in [-0.2, -0.15) is 11.8 Å². The van der Waals surface area contributed by atoms with Crippen molar-refractivity contribution in [3.63, 3.8) is 0 Å². The molecule has 1 heterocycles. The fourth-order valence-electron chi connectivity index (χ4n) is 2.40. The molecule has 58 valence electrons. The third-order valence-corrected chi connectivity index (χ3v) is 4.25. The summed E-state index contributed by atoms with van der Waals surface area (Å²) < 4.78 is 0. The molecule has 0 bridgehead atoms. The molecule has 0 aromatic rings. The molecule has 0 nitrogen and oxygen atoms in total. The van der Waals surface area contributed by atoms with Crippen LogP contribution in [-0.2, 0) is 0 Å². The molecule has 2 rings (SSSR count). The summed E-state index contributed by atoms with van der Waals surface area (Å²) in [4.78, 5) is 0. The zero-order chi connectivity index (χ0) is 6.81. The highest BCUT2D eigenvalue weighted by Crippen LogP contribution is 2.39. The van der Waals surface area contributed by atoms with Crippen LogP contribution in [0.2, 0.25) is 0 Å². The Morgan fingerprint density at radius 2 is 1.70 bits per heavy atom. The van der Waals surface area contributed by atoms with E-state index >= 15 is 0 Å². The zero-order valence-corrected chi connectivity index (χ0v) is 7.33. The van der Waals surface area contributed by atoms with Crippen LogP contribution in [0.25, 0.3) is 0 Å². The molecule has 1 aliphatic carbocycles. The lowest BCUT2D eigenvalue weighted by molar-refractivity contribution is 0.401. The van der Waals surface area contributed by atoms with Crippen molar-refractivity contribution in [2.45, 2.75) is 32.1 Å². The van der Waals surface area contributed by atoms with E-state index in [1.54, 1.807) is 6.42 Å². The van der Waals surface area contributed by atoms with E-state index in [1.165, 1.54) is 37.2 Å². The molecule has 1 saturated carbocycles. The standard InChI is InChI=1S/C9H16S/c1-3-8-5-2-6-10-7-9(8)4-1/h8-9H,1-7H2. The van der Waals surface area contributed by atoms with Gasteiger partial charge in [0.15, 0.2) is 0 Å². The van der Waals surface area contributed by atoms with E-state index in [-0.39, 0.29) is 0 Å². The first-order valence-electron chi connectivity index (χ1n) is 4.54. The molecule has 0 N–H and O–H groups in total. The van der Waals surface area contributed by atoms with Gasteiger partial charge in [0, 0.05) is 0 Å². The van der Waals surface area contributed by atoms with Crippen molar-refractivity contribution >= 4 is 11.8 Å². The molecule has 0 radical (unpaired) electrons. The Morgan fingerprint density at radius 3 is 2.70 bits per heavy atom. The third-order valence-electron chi connectivity index (χ3n) is 3.01. The van der Waals surface area contributed by atoms with E-state index < -0.39 is 0 Å². The van der Waals surface area contributed by atoms with Gasteiger partial charge in [-0.1, -0.05) is 12.8 Å². The fourth-order valence-corrected chi connectivity index (χ4v) is 3.67. The Labute approximate surface area is 67.8 Å². The van der Waals surface area contributed by atoms with Crippen LogP contribution < -0.4 is 0 Å². The lowest BCUT2D eigenvalue weighted by Gasteiger charge is -2.13. The van der Waals surface area contributed by atoms with E-state index in [0.29, 0.717) is 0 Å². The molecule has 0 aromatic carbocycles. The van der Waals surface area contributed by atoms with E-state index in [4.69, 9.17) is 0 Å². The molecule has 1 aliphatic heterocycles. The number of fused-ring (bicyclic) bond motifs is 1. The Kier molecular flexibility index (Phi) is 2.22. The van der Waals surface area contributed by atoms with Crippen LogP contribution in [0.3, 0.4) is 0 Å². The zero-order valence-electron chi connectivity index (χ0n) is 6.51. The van der Waals surface area contributed by atoms with Gasteiger partial charge in [0.1, 0.15) is 0 Å². The maximum absolute atomic E-state index is 2.19. The van der Waals surface area contributed by atoms with E-state index in [9.17, 15) is 0 Å². The molecular formula is C9H16S. The van der Waals surface area contributed by atoms with E-state index in [1.807, 2.05) is 0 Å². The van der Waals surface area contributed by atoms with Crippen LogP contribution in [0.1, 0.15) is 32.1 Å². The van der Waals surface area contributed by atoms with Gasteiger partial charge in [-0.25, -0.2) is 0 Å². The van der Waals surface area contributed by atoms with Crippen LogP contribution in [0, 0.1) is 11.8 Å². The summed E-state index contributed by atoms with van der Waals surface area (Å²) in [5.74, 6) is 5.17. The highest BCUT2D eigenvalue weighted by molar-refractivity contribution is 7.99. The van der Waals surface area contributed by atoms with E-state index in [0.717, 1.165) is 11.8 Å². The summed E-state index contributed by atoms with van der Waals surface area (Å²) in [5.41, 5.74) is 0. The molecule has 0 aromatic heterocycles. The van der Waals surface area contributed by atoms with Crippen molar-refractivity contribution in [3.05, 3.63) is 0 Å². The van der Waals surface area contributed by atoms with Gasteiger partial charge < -0.3 is 0 Å². The minimum atomic E-state index is 1.12. The number of hydrogen-bond acceptors (Lipinski definition) is 1. The minimum Gasteiger partial charge on any atom is -0.162 e. The Bertz CT molecular complexity index is 99.3. The maximum atomic E-state index is 2.19. The molecule has 2 aliphatic rings. The second-order valence-corrected chi connectivity index (χ2v) is 4.82. The number of rotatable bonds is 0. The Hall–Kier alpha value is 0.350.